The molecule has 1 aromatic carbocycles. The summed E-state index contributed by atoms with van der Waals surface area (Å²) in [5, 5.41) is 5.57. The van der Waals surface area contributed by atoms with E-state index >= 15 is 0 Å². The molecule has 2 N–H and O–H groups in total. The predicted octanol–water partition coefficient (Wildman–Crippen LogP) is 3.99. The fraction of sp³-hybridized carbons (Fsp3) is 0.350. The third-order valence-electron chi connectivity index (χ3n) is 4.64. The number of nitrogens with one attached hydrogen (secondary N) is 2. The van der Waals surface area contributed by atoms with Crippen LogP contribution in [0.25, 0.3) is 0 Å². The first kappa shape index (κ1) is 19.1. The molecule has 142 valence electrons. The summed E-state index contributed by atoms with van der Waals surface area (Å²) < 4.78 is 4.79. The predicted molar refractivity (Wildman–Crippen MR) is 105 cm³/mol. The lowest BCUT2D eigenvalue weighted by molar-refractivity contribution is 0.0925. The third kappa shape index (κ3) is 4.03. The Kier molecular flexibility index (Phi) is 5.60. The maximum atomic E-state index is 12.7. The number of anilines is 1. The van der Waals surface area contributed by atoms with E-state index in [0.29, 0.717) is 16.1 Å². The number of imide groups is 1. The van der Waals surface area contributed by atoms with Crippen LogP contribution in [0.3, 0.4) is 0 Å². The number of amides is 3. The summed E-state index contributed by atoms with van der Waals surface area (Å²) in [6, 6.07) is 5.48. The van der Waals surface area contributed by atoms with Gasteiger partial charge >= 0.3 is 6.09 Å². The van der Waals surface area contributed by atoms with E-state index in [4.69, 9.17) is 4.74 Å². The number of alkyl carbamates (subject to hydrolysis) is 1. The van der Waals surface area contributed by atoms with Gasteiger partial charge in [-0.05, 0) is 68.9 Å². The molecule has 1 heterocycles. The molecule has 1 aromatic heterocycles. The van der Waals surface area contributed by atoms with Crippen molar-refractivity contribution in [1.82, 2.24) is 5.32 Å². The van der Waals surface area contributed by atoms with Crippen LogP contribution in [0.2, 0.25) is 0 Å². The summed E-state index contributed by atoms with van der Waals surface area (Å²) in [4.78, 5) is 38.0. The van der Waals surface area contributed by atoms with E-state index in [-0.39, 0.29) is 12.5 Å². The van der Waals surface area contributed by atoms with Crippen LogP contribution in [-0.2, 0) is 17.6 Å². The number of aryl methyl sites for hydroxylation is 3. The van der Waals surface area contributed by atoms with Gasteiger partial charge in [-0.3, -0.25) is 14.9 Å². The molecule has 0 saturated heterocycles. The lowest BCUT2D eigenvalue weighted by Gasteiger charge is -2.10. The second-order valence-electron chi connectivity index (χ2n) is 6.49. The van der Waals surface area contributed by atoms with Crippen LogP contribution in [0.1, 0.15) is 55.6 Å². The number of rotatable bonds is 4. The first-order chi connectivity index (χ1) is 12.9. The number of hydrogen-bond acceptors (Lipinski definition) is 5. The summed E-state index contributed by atoms with van der Waals surface area (Å²) in [5.41, 5.74) is 3.95. The Balaban J connectivity index is 1.87. The number of carbonyl (C=O) groups excluding carboxylic acids is 3. The molecule has 6 nitrogen and oxygen atoms in total. The second-order valence-corrected chi connectivity index (χ2v) is 7.59. The van der Waals surface area contributed by atoms with E-state index in [1.807, 2.05) is 26.0 Å². The molecule has 0 fully saturated rings. The van der Waals surface area contributed by atoms with Gasteiger partial charge in [0.15, 0.2) is 0 Å². The van der Waals surface area contributed by atoms with Crippen molar-refractivity contribution in [3.63, 3.8) is 0 Å². The highest BCUT2D eigenvalue weighted by Crippen LogP contribution is 2.39. The Morgan fingerprint density at radius 2 is 1.89 bits per heavy atom. The summed E-state index contributed by atoms with van der Waals surface area (Å²) in [6.45, 7) is 5.78. The van der Waals surface area contributed by atoms with Gasteiger partial charge in [-0.1, -0.05) is 6.07 Å². The molecule has 0 atom stereocenters. The van der Waals surface area contributed by atoms with Crippen LogP contribution in [0.15, 0.2) is 18.2 Å². The zero-order valence-electron chi connectivity index (χ0n) is 15.6. The van der Waals surface area contributed by atoms with Crippen LogP contribution in [0, 0.1) is 13.8 Å². The highest BCUT2D eigenvalue weighted by atomic mass is 32.1. The largest absolute Gasteiger partial charge is 0.450 e. The van der Waals surface area contributed by atoms with E-state index < -0.39 is 12.0 Å². The molecule has 7 heteroatoms. The summed E-state index contributed by atoms with van der Waals surface area (Å²) in [5.74, 6) is -0.813. The highest BCUT2D eigenvalue weighted by molar-refractivity contribution is 7.17. The van der Waals surface area contributed by atoms with E-state index in [1.165, 1.54) is 11.3 Å². The first-order valence-electron chi connectivity index (χ1n) is 8.92. The minimum atomic E-state index is -0.785. The molecule has 0 unspecified atom stereocenters. The van der Waals surface area contributed by atoms with Gasteiger partial charge in [0.25, 0.3) is 11.8 Å². The normalized spacial score (nSPS) is 12.4. The summed E-state index contributed by atoms with van der Waals surface area (Å²) in [6.07, 6.45) is 1.81. The minimum absolute atomic E-state index is 0.178. The number of benzene rings is 1. The molecule has 1 aliphatic carbocycles. The highest BCUT2D eigenvalue weighted by Gasteiger charge is 2.28. The zero-order valence-corrected chi connectivity index (χ0v) is 16.4. The molecule has 0 saturated carbocycles. The number of ether oxygens (including phenoxy) is 1. The van der Waals surface area contributed by atoms with Gasteiger partial charge in [0.2, 0.25) is 0 Å². The molecule has 2 aromatic rings. The minimum Gasteiger partial charge on any atom is -0.450 e. The van der Waals surface area contributed by atoms with Crippen LogP contribution in [-0.4, -0.2) is 24.5 Å². The third-order valence-corrected chi connectivity index (χ3v) is 5.84. The smallest absolute Gasteiger partial charge is 0.414 e. The van der Waals surface area contributed by atoms with Crippen molar-refractivity contribution in [2.75, 3.05) is 11.9 Å². The van der Waals surface area contributed by atoms with Crippen molar-refractivity contribution in [3.8, 4) is 0 Å². The maximum Gasteiger partial charge on any atom is 0.414 e. The van der Waals surface area contributed by atoms with E-state index in [0.717, 1.165) is 40.8 Å². The average molecular weight is 386 g/mol. The second kappa shape index (κ2) is 7.92. The van der Waals surface area contributed by atoms with Gasteiger partial charge in [0, 0.05) is 10.4 Å². The van der Waals surface area contributed by atoms with Crippen LogP contribution >= 0.6 is 11.3 Å². The first-order valence-corrected chi connectivity index (χ1v) is 9.73. The Hall–Kier alpha value is -2.67. The number of thiophene rings is 1. The molecular formula is C20H22N2O4S. The molecule has 3 rings (SSSR count). The van der Waals surface area contributed by atoms with Crippen molar-refractivity contribution in [3.05, 3.63) is 50.9 Å². The topological polar surface area (TPSA) is 84.5 Å². The fourth-order valence-electron chi connectivity index (χ4n) is 3.11. The van der Waals surface area contributed by atoms with E-state index in [1.54, 1.807) is 13.0 Å². The lowest BCUT2D eigenvalue weighted by atomic mass is 10.1. The van der Waals surface area contributed by atoms with Gasteiger partial charge in [-0.2, -0.15) is 0 Å². The van der Waals surface area contributed by atoms with Gasteiger partial charge in [-0.25, -0.2) is 4.79 Å². The van der Waals surface area contributed by atoms with Crippen molar-refractivity contribution in [2.45, 2.75) is 40.0 Å². The molecule has 1 aliphatic rings. The monoisotopic (exact) mass is 386 g/mol. The Bertz CT molecular complexity index is 917. The lowest BCUT2D eigenvalue weighted by Crippen LogP contribution is -2.32. The number of fused-ring (bicyclic) bond motifs is 1. The Morgan fingerprint density at radius 3 is 2.59 bits per heavy atom. The van der Waals surface area contributed by atoms with Gasteiger partial charge in [0.05, 0.1) is 12.2 Å². The van der Waals surface area contributed by atoms with E-state index in [2.05, 4.69) is 10.6 Å². The summed E-state index contributed by atoms with van der Waals surface area (Å²) in [7, 11) is 0. The SMILES string of the molecule is CCOC(=O)NC(=O)c1c(NC(=O)c2ccc(C)c(C)c2)sc2c1CCC2. The molecule has 0 bridgehead atoms. The van der Waals surface area contributed by atoms with Crippen LogP contribution in [0.4, 0.5) is 9.80 Å². The molecule has 0 aliphatic heterocycles. The number of hydrogen-bond donors (Lipinski definition) is 2. The van der Waals surface area contributed by atoms with Crippen LogP contribution in [0.5, 0.6) is 0 Å². The molecular weight excluding hydrogens is 364 g/mol. The number of carbonyl (C=O) groups is 3. The van der Waals surface area contributed by atoms with Gasteiger partial charge < -0.3 is 10.1 Å². The molecule has 3 amide bonds. The zero-order chi connectivity index (χ0) is 19.6. The van der Waals surface area contributed by atoms with Crippen molar-refractivity contribution in [1.29, 1.82) is 0 Å². The Labute approximate surface area is 161 Å². The summed E-state index contributed by atoms with van der Waals surface area (Å²) >= 11 is 1.40. The standard InChI is InChI=1S/C20H22N2O4S/c1-4-26-20(25)22-18(24)16-14-6-5-7-15(14)27-19(16)21-17(23)13-9-8-11(2)12(3)10-13/h8-10H,4-7H2,1-3H3,(H,21,23)(H,22,24,25). The van der Waals surface area contributed by atoms with Gasteiger partial charge in [-0.15, -0.1) is 11.3 Å². The van der Waals surface area contributed by atoms with Crippen molar-refractivity contribution in [2.24, 2.45) is 0 Å². The maximum absolute atomic E-state index is 12.7. The molecule has 0 radical (unpaired) electrons. The van der Waals surface area contributed by atoms with E-state index in [9.17, 15) is 14.4 Å². The van der Waals surface area contributed by atoms with Crippen molar-refractivity contribution < 1.29 is 19.1 Å². The molecule has 0 spiro atoms. The fourth-order valence-corrected chi connectivity index (χ4v) is 4.39. The Morgan fingerprint density at radius 1 is 1.11 bits per heavy atom. The molecule has 27 heavy (non-hydrogen) atoms. The van der Waals surface area contributed by atoms with Crippen LogP contribution < -0.4 is 10.6 Å². The van der Waals surface area contributed by atoms with Gasteiger partial charge in [0.1, 0.15) is 5.00 Å². The quantitative estimate of drug-likeness (QED) is 0.832. The van der Waals surface area contributed by atoms with Crippen molar-refractivity contribution >= 4 is 34.2 Å². The average Bonchev–Trinajstić information content (AvgIpc) is 3.17.